The van der Waals surface area contributed by atoms with Gasteiger partial charge in [-0.1, -0.05) is 44.2 Å². The average molecular weight is 675 g/mol. The van der Waals surface area contributed by atoms with E-state index in [1.54, 1.807) is 36.7 Å². The van der Waals surface area contributed by atoms with Crippen LogP contribution in [0.1, 0.15) is 74.1 Å². The number of amides is 1. The van der Waals surface area contributed by atoms with Gasteiger partial charge in [0.05, 0.1) is 31.6 Å². The molecule has 260 valence electrons. The van der Waals surface area contributed by atoms with E-state index in [2.05, 4.69) is 32.7 Å². The molecule has 2 aliphatic heterocycles. The highest BCUT2D eigenvalue weighted by molar-refractivity contribution is 7.18. The number of aliphatic hydroxyl groups is 1. The number of ketones is 1. The van der Waals surface area contributed by atoms with Crippen LogP contribution in [0.3, 0.4) is 0 Å². The number of Topliss-reactive ketones (excluding diaryl/α,β-unsaturated/α-hetero) is 1. The van der Waals surface area contributed by atoms with E-state index in [1.165, 1.54) is 11.3 Å². The summed E-state index contributed by atoms with van der Waals surface area (Å²) in [5.74, 6) is -2.13. The van der Waals surface area contributed by atoms with Crippen LogP contribution in [0, 0.1) is 17.8 Å². The molecule has 4 rings (SSSR count). The number of fused-ring (bicyclic) bond motifs is 1. The molecule has 2 fully saturated rings. The lowest BCUT2D eigenvalue weighted by Crippen LogP contribution is -2.61. The van der Waals surface area contributed by atoms with Crippen LogP contribution in [0.2, 0.25) is 5.82 Å². The van der Waals surface area contributed by atoms with E-state index in [0.29, 0.717) is 54.7 Å². The molecule has 14 nitrogen and oxygen atoms in total. The highest BCUT2D eigenvalue weighted by Crippen LogP contribution is 2.41. The molecule has 10 atom stereocenters. The maximum atomic E-state index is 13.6. The number of unbranched alkanes of at least 4 members (excludes halogenated alkanes) is 1. The molecule has 2 aromatic rings. The number of hydrogen-bond acceptors (Lipinski definition) is 13. The van der Waals surface area contributed by atoms with Gasteiger partial charge in [0, 0.05) is 32.2 Å². The van der Waals surface area contributed by atoms with Crippen LogP contribution in [0.4, 0.5) is 9.93 Å². The summed E-state index contributed by atoms with van der Waals surface area (Å²) in [5.41, 5.74) is 4.41. The Balaban J connectivity index is 1.54. The normalized spacial score (nSPS) is 36.1. The summed E-state index contributed by atoms with van der Waals surface area (Å²) in [5, 5.41) is 32.1. The number of nitrogens with one attached hydrogen (secondary N) is 1. The average Bonchev–Trinajstić information content (AvgIpc) is 3.76. The van der Waals surface area contributed by atoms with Gasteiger partial charge in [0.1, 0.15) is 17.6 Å². The monoisotopic (exact) mass is 674 g/mol. The quantitative estimate of drug-likeness (QED) is 0.276. The Morgan fingerprint density at radius 2 is 1.85 bits per heavy atom. The number of nitrogens with zero attached hydrogens (tertiary/aromatic N) is 6. The Kier molecular flexibility index (Phi) is 12.1. The van der Waals surface area contributed by atoms with E-state index in [0.717, 1.165) is 6.42 Å². The number of nitrogen functional groups attached to an aromatic ring is 1. The SMILES string of the molecule is [B][C@@H]1[C@@H](C)C(=O)[C@@H](C)C(O)O[C@H](CC)[C@@]2(C)OC(=O)N(CCCCn3cc(-c4nnc(N)s4)nn3)[C@@H]2[C@@H](C)NC[C@H](C)C[C@@]1(C)OC. The molecule has 0 saturated carbocycles. The first kappa shape index (κ1) is 37.2. The van der Waals surface area contributed by atoms with E-state index < -0.39 is 53.4 Å². The number of aryl methyl sites for hydroxylation is 1. The summed E-state index contributed by atoms with van der Waals surface area (Å²) in [6.45, 7) is 14.9. The van der Waals surface area contributed by atoms with Crippen LogP contribution in [0.15, 0.2) is 6.20 Å². The number of nitrogens with two attached hydrogens (primary N) is 1. The molecule has 2 aromatic heterocycles. The van der Waals surface area contributed by atoms with Crippen molar-refractivity contribution in [3.8, 4) is 10.7 Å². The van der Waals surface area contributed by atoms with Gasteiger partial charge < -0.3 is 30.4 Å². The highest BCUT2D eigenvalue weighted by Gasteiger charge is 2.58. The third-order valence-electron chi connectivity index (χ3n) is 10.1. The van der Waals surface area contributed by atoms with Crippen LogP contribution < -0.4 is 11.1 Å². The lowest BCUT2D eigenvalue weighted by molar-refractivity contribution is -0.210. The molecule has 16 heteroatoms. The van der Waals surface area contributed by atoms with Crippen molar-refractivity contribution >= 4 is 36.2 Å². The topological polar surface area (TPSA) is 180 Å². The van der Waals surface area contributed by atoms with Gasteiger partial charge in [0.15, 0.2) is 16.9 Å². The van der Waals surface area contributed by atoms with Gasteiger partial charge in [-0.25, -0.2) is 4.79 Å². The molecule has 1 unspecified atom stereocenters. The Labute approximate surface area is 282 Å². The predicted molar refractivity (Wildman–Crippen MR) is 179 cm³/mol. The second kappa shape index (κ2) is 15.3. The van der Waals surface area contributed by atoms with E-state index in [-0.39, 0.29) is 17.7 Å². The Hall–Kier alpha value is -2.66. The third-order valence-corrected chi connectivity index (χ3v) is 10.8. The lowest BCUT2D eigenvalue weighted by Gasteiger charge is -2.42. The van der Waals surface area contributed by atoms with Crippen molar-refractivity contribution in [2.45, 2.75) is 122 Å². The standard InChI is InChI=1S/C31H51BN8O6S/c1-9-22-31(7)25(40(29(43)46-31)13-11-10-12-39-16-21(35-38-39)26-36-37-28(33)47-26)20(5)34-15-17(2)14-30(6,44-8)24(32)18(3)23(41)19(4)27(42)45-22/h16-20,22,24-25,27,34,42H,9-15H2,1-8H3,(H2,33,37)/t17-,18+,19-,20-,22-,24-,25-,27?,30-,31-/m1/s1. The van der Waals surface area contributed by atoms with Crippen molar-refractivity contribution in [2.75, 3.05) is 25.9 Å². The summed E-state index contributed by atoms with van der Waals surface area (Å²) >= 11 is 1.25. The fourth-order valence-corrected chi connectivity index (χ4v) is 7.74. The lowest BCUT2D eigenvalue weighted by atomic mass is 9.62. The van der Waals surface area contributed by atoms with Gasteiger partial charge in [-0.2, -0.15) is 0 Å². The first-order chi connectivity index (χ1) is 22.1. The molecule has 2 saturated heterocycles. The van der Waals surface area contributed by atoms with Crippen molar-refractivity contribution in [3.63, 3.8) is 0 Å². The zero-order valence-corrected chi connectivity index (χ0v) is 29.7. The van der Waals surface area contributed by atoms with Crippen molar-refractivity contribution in [2.24, 2.45) is 17.8 Å². The van der Waals surface area contributed by atoms with Gasteiger partial charge in [-0.15, -0.1) is 15.3 Å². The molecule has 0 spiro atoms. The number of aromatic nitrogens is 5. The molecule has 0 aromatic carbocycles. The zero-order chi connectivity index (χ0) is 34.7. The van der Waals surface area contributed by atoms with Gasteiger partial charge in [-0.3, -0.25) is 14.4 Å². The van der Waals surface area contributed by atoms with E-state index >= 15 is 0 Å². The number of carbonyl (C=O) groups is 2. The van der Waals surface area contributed by atoms with Crippen molar-refractivity contribution in [1.29, 1.82) is 0 Å². The molecular formula is C31H51BN8O6S. The molecule has 2 aliphatic rings. The fraction of sp³-hybridized carbons (Fsp3) is 0.806. The molecule has 0 aliphatic carbocycles. The Bertz CT molecular complexity index is 1360. The number of ether oxygens (including phenoxy) is 3. The number of methoxy groups -OCH3 is 1. The first-order valence-corrected chi connectivity index (χ1v) is 17.4. The smallest absolute Gasteiger partial charge is 0.410 e. The number of carbonyl (C=O) groups excluding carboxylic acids is 2. The van der Waals surface area contributed by atoms with Crippen LogP contribution >= 0.6 is 11.3 Å². The van der Waals surface area contributed by atoms with Crippen LogP contribution in [-0.4, -0.2) is 111 Å². The molecule has 4 heterocycles. The number of hydrogen-bond donors (Lipinski definition) is 3. The highest BCUT2D eigenvalue weighted by atomic mass is 32.1. The second-order valence-electron chi connectivity index (χ2n) is 13.7. The molecule has 0 bridgehead atoms. The summed E-state index contributed by atoms with van der Waals surface area (Å²) in [6.07, 6.45) is 1.71. The summed E-state index contributed by atoms with van der Waals surface area (Å²) in [7, 11) is 8.28. The minimum Gasteiger partial charge on any atom is -0.438 e. The van der Waals surface area contributed by atoms with Gasteiger partial charge >= 0.3 is 6.09 Å². The molecule has 2 radical (unpaired) electrons. The van der Waals surface area contributed by atoms with E-state index in [1.807, 2.05) is 27.7 Å². The van der Waals surface area contributed by atoms with E-state index in [4.69, 9.17) is 27.8 Å². The largest absolute Gasteiger partial charge is 0.438 e. The number of anilines is 1. The number of rotatable bonds is 8. The Morgan fingerprint density at radius 1 is 1.15 bits per heavy atom. The van der Waals surface area contributed by atoms with Crippen molar-refractivity contribution in [3.05, 3.63) is 6.20 Å². The van der Waals surface area contributed by atoms with E-state index in [9.17, 15) is 14.7 Å². The summed E-state index contributed by atoms with van der Waals surface area (Å²) in [6, 6.07) is -0.627. The minimum atomic E-state index is -1.42. The minimum absolute atomic E-state index is 0.129. The van der Waals surface area contributed by atoms with Crippen LogP contribution in [-0.2, 0) is 25.5 Å². The Morgan fingerprint density at radius 3 is 2.49 bits per heavy atom. The molecule has 4 N–H and O–H groups in total. The van der Waals surface area contributed by atoms with Crippen molar-refractivity contribution in [1.82, 2.24) is 35.4 Å². The van der Waals surface area contributed by atoms with Gasteiger partial charge in [-0.05, 0) is 64.7 Å². The summed E-state index contributed by atoms with van der Waals surface area (Å²) in [4.78, 5) is 28.9. The molecule has 1 amide bonds. The zero-order valence-electron chi connectivity index (χ0n) is 28.9. The first-order valence-electron chi connectivity index (χ1n) is 16.6. The molecule has 47 heavy (non-hydrogen) atoms. The summed E-state index contributed by atoms with van der Waals surface area (Å²) < 4.78 is 20.0. The van der Waals surface area contributed by atoms with Gasteiger partial charge in [0.25, 0.3) is 0 Å². The maximum absolute atomic E-state index is 13.6. The molecular weight excluding hydrogens is 623 g/mol. The van der Waals surface area contributed by atoms with Crippen molar-refractivity contribution < 1.29 is 28.9 Å². The maximum Gasteiger partial charge on any atom is 0.410 e. The predicted octanol–water partition coefficient (Wildman–Crippen LogP) is 3.07. The second-order valence-corrected chi connectivity index (χ2v) is 14.7. The fourth-order valence-electron chi connectivity index (χ4n) is 7.18. The van der Waals surface area contributed by atoms with Crippen LogP contribution in [0.5, 0.6) is 0 Å². The van der Waals surface area contributed by atoms with Crippen LogP contribution in [0.25, 0.3) is 10.7 Å². The van der Waals surface area contributed by atoms with Gasteiger partial charge in [0.2, 0.25) is 5.13 Å². The number of aliphatic hydroxyl groups excluding tert-OH is 1. The third kappa shape index (κ3) is 7.98.